The van der Waals surface area contributed by atoms with Crippen LogP contribution in [0.15, 0.2) is 12.7 Å². The molecule has 0 atom stereocenters. The molecule has 2 heteroatoms. The summed E-state index contributed by atoms with van der Waals surface area (Å²) in [6.45, 7) is 3.51. The zero-order valence-electron chi connectivity index (χ0n) is 4.99. The fourth-order valence-corrected chi connectivity index (χ4v) is 0. The van der Waals surface area contributed by atoms with Crippen molar-refractivity contribution in [3.05, 3.63) is 12.7 Å². The van der Waals surface area contributed by atoms with Gasteiger partial charge in [-0.15, -0.1) is 12.7 Å². The van der Waals surface area contributed by atoms with Crippen LogP contribution in [0.25, 0.3) is 0 Å². The van der Waals surface area contributed by atoms with Gasteiger partial charge in [0.25, 0.3) is 0 Å². The van der Waals surface area contributed by atoms with E-state index in [9.17, 15) is 0 Å². The summed E-state index contributed by atoms with van der Waals surface area (Å²) in [6.07, 6.45) is 1.94. The molecule has 0 radical (unpaired) electrons. The first-order valence-corrected chi connectivity index (χ1v) is 2.94. The maximum atomic E-state index is 3.51. The number of hydrogen-bond donors (Lipinski definition) is 0. The van der Waals surface area contributed by atoms with Crippen LogP contribution in [0.3, 0.4) is 0 Å². The van der Waals surface area contributed by atoms with E-state index in [1.54, 1.807) is 0 Å². The van der Waals surface area contributed by atoms with Gasteiger partial charge in [-0.1, -0.05) is 5.28 Å². The molecule has 0 fully saturated rings. The molecule has 0 N–H and O–H groups in total. The third-order valence-corrected chi connectivity index (χ3v) is 0.866. The van der Waals surface area contributed by atoms with Crippen LogP contribution in [-0.2, 0) is 0 Å². The van der Waals surface area contributed by atoms with Crippen LogP contribution in [0.2, 0.25) is 5.28 Å². The van der Waals surface area contributed by atoms with Crippen molar-refractivity contribution < 1.29 is 52.8 Å². The predicted molar refractivity (Wildman–Crippen MR) is 24.7 cm³/mol. The van der Waals surface area contributed by atoms with Crippen LogP contribution in [0, 0.1) is 0 Å². The van der Waals surface area contributed by atoms with Gasteiger partial charge in [0.05, 0.1) is 0 Å². The van der Waals surface area contributed by atoms with E-state index in [0.717, 1.165) is 0 Å². The molecule has 0 aromatic carbocycles. The monoisotopic (exact) mass is 110 g/mol. The summed E-state index contributed by atoms with van der Waals surface area (Å²) in [5.41, 5.74) is 0. The molecule has 0 unspecified atom stereocenters. The van der Waals surface area contributed by atoms with Crippen molar-refractivity contribution in [2.45, 2.75) is 5.28 Å². The van der Waals surface area contributed by atoms with E-state index in [2.05, 4.69) is 6.58 Å². The zero-order chi connectivity index (χ0) is 3.41. The normalized spacial score (nSPS) is 4.80. The maximum Gasteiger partial charge on any atom is 1.00 e. The summed E-state index contributed by atoms with van der Waals surface area (Å²) in [7, 11) is 0. The minimum atomic E-state index is 0. The van der Waals surface area contributed by atoms with Gasteiger partial charge >= 0.3 is 51.4 Å². The summed E-state index contributed by atoms with van der Waals surface area (Å²) in [4.78, 5) is 0. The minimum Gasteiger partial charge on any atom is -1.00 e. The van der Waals surface area contributed by atoms with E-state index in [1.807, 2.05) is 6.08 Å². The third-order valence-electron chi connectivity index (χ3n) is 0.289. The average molecular weight is 110 g/mol. The molecular formula is C3H8AlK. The molecule has 0 aliphatic heterocycles. The van der Waals surface area contributed by atoms with Gasteiger partial charge in [0, 0.05) is 0 Å². The van der Waals surface area contributed by atoms with E-state index in [1.165, 1.54) is 21.6 Å². The number of hydrogen-bond acceptors (Lipinski definition) is 0. The van der Waals surface area contributed by atoms with E-state index in [-0.39, 0.29) is 52.8 Å². The topological polar surface area (TPSA) is 0 Å². The molecule has 0 aromatic rings. The standard InChI is InChI=1S/C3H5.Al.K.3H/c1-3-2;;;;;/h3H,1-2H2;;;;;/q;;+1;;;-1. The molecule has 0 nitrogen and oxygen atoms in total. The Morgan fingerprint density at radius 1 is 2.00 bits per heavy atom. The fraction of sp³-hybridized carbons (Fsp3) is 0.333. The first-order chi connectivity index (χ1) is 1.91. The Balaban J connectivity index is -0.0000000450. The molecule has 24 valence electrons. The second-order valence-corrected chi connectivity index (χ2v) is 1.51. The molecule has 0 heterocycles. The van der Waals surface area contributed by atoms with Gasteiger partial charge in [0.2, 0.25) is 16.3 Å². The van der Waals surface area contributed by atoms with Crippen LogP contribution < -0.4 is 51.4 Å². The van der Waals surface area contributed by atoms with Crippen molar-refractivity contribution >= 4 is 16.3 Å². The van der Waals surface area contributed by atoms with Gasteiger partial charge in [-0.05, 0) is 0 Å². The largest absolute Gasteiger partial charge is 1.00 e. The van der Waals surface area contributed by atoms with Gasteiger partial charge in [0.1, 0.15) is 0 Å². The molecule has 5 heavy (non-hydrogen) atoms. The molecule has 0 bridgehead atoms. The Labute approximate surface area is 85.3 Å². The second-order valence-electron chi connectivity index (χ2n) is 0.697. The zero-order valence-corrected chi connectivity index (χ0v) is 9.11. The molecule has 0 rings (SSSR count). The first kappa shape index (κ1) is 10.0. The fourth-order valence-electron chi connectivity index (χ4n) is 0. The van der Waals surface area contributed by atoms with Crippen LogP contribution in [0.1, 0.15) is 1.43 Å². The van der Waals surface area contributed by atoms with Crippen molar-refractivity contribution in [1.82, 2.24) is 0 Å². The van der Waals surface area contributed by atoms with E-state index < -0.39 is 0 Å². The Morgan fingerprint density at radius 3 is 2.20 bits per heavy atom. The van der Waals surface area contributed by atoms with E-state index in [0.29, 0.717) is 0 Å². The SMILES string of the molecule is C=C[CH2][AlH2].[H-].[K+]. The molecule has 0 aromatic heterocycles. The van der Waals surface area contributed by atoms with Crippen LogP contribution in [0.4, 0.5) is 0 Å². The molecule has 0 aliphatic carbocycles. The first-order valence-electron chi connectivity index (χ1n) is 1.52. The van der Waals surface area contributed by atoms with Crippen molar-refractivity contribution in [2.24, 2.45) is 0 Å². The third kappa shape index (κ3) is 10.7. The van der Waals surface area contributed by atoms with E-state index >= 15 is 0 Å². The Hall–Kier alpha value is 1.91. The summed E-state index contributed by atoms with van der Waals surface area (Å²) in [6, 6.07) is 0. The van der Waals surface area contributed by atoms with Gasteiger partial charge in [-0.25, -0.2) is 0 Å². The molecule has 0 saturated heterocycles. The van der Waals surface area contributed by atoms with Crippen LogP contribution >= 0.6 is 0 Å². The molecule has 0 aliphatic rings. The predicted octanol–water partition coefficient (Wildman–Crippen LogP) is -2.66. The number of rotatable bonds is 1. The molecular weight excluding hydrogens is 102 g/mol. The quantitative estimate of drug-likeness (QED) is 0.255. The van der Waals surface area contributed by atoms with Crippen LogP contribution in [-0.4, -0.2) is 16.3 Å². The minimum absolute atomic E-state index is 0. The van der Waals surface area contributed by atoms with Crippen molar-refractivity contribution in [3.8, 4) is 0 Å². The summed E-state index contributed by atoms with van der Waals surface area (Å²) in [5, 5.41) is 1.22. The van der Waals surface area contributed by atoms with Crippen molar-refractivity contribution in [3.63, 3.8) is 0 Å². The van der Waals surface area contributed by atoms with Crippen molar-refractivity contribution in [2.75, 3.05) is 0 Å². The van der Waals surface area contributed by atoms with Gasteiger partial charge in [0.15, 0.2) is 0 Å². The Morgan fingerprint density at radius 2 is 2.20 bits per heavy atom. The van der Waals surface area contributed by atoms with Gasteiger partial charge in [-0.3, -0.25) is 0 Å². The molecule has 0 amide bonds. The van der Waals surface area contributed by atoms with Gasteiger partial charge < -0.3 is 1.43 Å². The molecule has 0 saturated carbocycles. The summed E-state index contributed by atoms with van der Waals surface area (Å²) in [5.74, 6) is 0. The second kappa shape index (κ2) is 9.32. The van der Waals surface area contributed by atoms with Crippen molar-refractivity contribution in [1.29, 1.82) is 0 Å². The maximum absolute atomic E-state index is 3.51. The number of allylic oxidation sites excluding steroid dienone is 1. The smallest absolute Gasteiger partial charge is 1.00 e. The van der Waals surface area contributed by atoms with Crippen LogP contribution in [0.5, 0.6) is 0 Å². The Kier molecular flexibility index (Phi) is 18.7. The van der Waals surface area contributed by atoms with E-state index in [4.69, 9.17) is 0 Å². The Bertz CT molecular complexity index is 24.8. The summed E-state index contributed by atoms with van der Waals surface area (Å²) < 4.78 is 0. The van der Waals surface area contributed by atoms with Gasteiger partial charge in [-0.2, -0.15) is 0 Å². The average Bonchev–Trinajstić information content (AvgIpc) is 1.37. The molecule has 0 spiro atoms. The summed E-state index contributed by atoms with van der Waals surface area (Å²) >= 11 is 1.27.